The highest BCUT2D eigenvalue weighted by molar-refractivity contribution is 5.81. The molecule has 0 radical (unpaired) electrons. The number of H-pyrrole nitrogens is 1. The molecule has 2 N–H and O–H groups in total. The Morgan fingerprint density at radius 2 is 2.10 bits per heavy atom. The first-order valence-corrected chi connectivity index (χ1v) is 6.25. The molecule has 1 aromatic heterocycles. The van der Waals surface area contributed by atoms with Gasteiger partial charge in [0.1, 0.15) is 13.1 Å². The predicted molar refractivity (Wildman–Crippen MR) is 68.3 cm³/mol. The van der Waals surface area contributed by atoms with Crippen molar-refractivity contribution in [3.63, 3.8) is 0 Å². The molecule has 1 aliphatic carbocycles. The summed E-state index contributed by atoms with van der Waals surface area (Å²) in [5.41, 5.74) is -1.23. The van der Waals surface area contributed by atoms with E-state index < -0.39 is 23.1 Å². The standard InChI is InChI=1S/C12H15N3O5/c16-9-3-4-14(12(20)13-9)6-10(17)15(7-11(18)19)5-8-1-2-8/h3-4,8H,1-2,5-7H2,(H,18,19)(H,13,16,20). The molecule has 0 aliphatic heterocycles. The minimum Gasteiger partial charge on any atom is -0.480 e. The van der Waals surface area contributed by atoms with E-state index in [1.807, 2.05) is 4.98 Å². The average Bonchev–Trinajstić information content (AvgIpc) is 3.15. The van der Waals surface area contributed by atoms with Crippen molar-refractivity contribution < 1.29 is 14.7 Å². The molecule has 1 amide bonds. The molecule has 1 saturated carbocycles. The topological polar surface area (TPSA) is 112 Å². The Morgan fingerprint density at radius 1 is 1.40 bits per heavy atom. The van der Waals surface area contributed by atoms with E-state index in [0.29, 0.717) is 12.5 Å². The first-order valence-electron chi connectivity index (χ1n) is 6.25. The largest absolute Gasteiger partial charge is 0.480 e. The van der Waals surface area contributed by atoms with Gasteiger partial charge in [-0.2, -0.15) is 0 Å². The lowest BCUT2D eigenvalue weighted by Gasteiger charge is -2.20. The third-order valence-electron chi connectivity index (χ3n) is 3.06. The van der Waals surface area contributed by atoms with Crippen molar-refractivity contribution >= 4 is 11.9 Å². The Kier molecular flexibility index (Phi) is 4.02. The number of aromatic amines is 1. The SMILES string of the molecule is O=C(O)CN(CC1CC1)C(=O)Cn1ccc(=O)[nH]c1=O. The van der Waals surface area contributed by atoms with Gasteiger partial charge in [-0.05, 0) is 18.8 Å². The van der Waals surface area contributed by atoms with Gasteiger partial charge in [0.25, 0.3) is 5.56 Å². The Balaban J connectivity index is 2.08. The van der Waals surface area contributed by atoms with Gasteiger partial charge in [-0.15, -0.1) is 0 Å². The molecule has 0 saturated heterocycles. The van der Waals surface area contributed by atoms with Crippen molar-refractivity contribution in [1.29, 1.82) is 0 Å². The molecule has 8 nitrogen and oxygen atoms in total. The van der Waals surface area contributed by atoms with Gasteiger partial charge in [-0.1, -0.05) is 0 Å². The highest BCUT2D eigenvalue weighted by atomic mass is 16.4. The summed E-state index contributed by atoms with van der Waals surface area (Å²) in [6.45, 7) is -0.272. The Bertz CT molecular complexity index is 628. The fraction of sp³-hybridized carbons (Fsp3) is 0.500. The number of carbonyl (C=O) groups excluding carboxylic acids is 1. The molecular weight excluding hydrogens is 266 g/mol. The number of hydrogen-bond acceptors (Lipinski definition) is 4. The Morgan fingerprint density at radius 3 is 2.65 bits per heavy atom. The van der Waals surface area contributed by atoms with E-state index in [1.54, 1.807) is 0 Å². The van der Waals surface area contributed by atoms with E-state index >= 15 is 0 Å². The smallest absolute Gasteiger partial charge is 0.328 e. The van der Waals surface area contributed by atoms with E-state index in [4.69, 9.17) is 5.11 Å². The van der Waals surface area contributed by atoms with Crippen molar-refractivity contribution in [2.75, 3.05) is 13.1 Å². The number of nitrogens with zero attached hydrogens (tertiary/aromatic N) is 2. The summed E-state index contributed by atoms with van der Waals surface area (Å²) in [5, 5.41) is 8.81. The molecule has 0 unspecified atom stereocenters. The monoisotopic (exact) mass is 281 g/mol. The minimum atomic E-state index is -1.09. The van der Waals surface area contributed by atoms with Gasteiger partial charge in [0.15, 0.2) is 0 Å². The number of rotatable bonds is 6. The van der Waals surface area contributed by atoms with Gasteiger partial charge >= 0.3 is 11.7 Å². The molecule has 1 heterocycles. The molecule has 0 spiro atoms. The lowest BCUT2D eigenvalue weighted by Crippen LogP contribution is -2.41. The molecule has 1 aliphatic rings. The van der Waals surface area contributed by atoms with Crippen LogP contribution in [0.4, 0.5) is 0 Å². The zero-order valence-corrected chi connectivity index (χ0v) is 10.7. The molecule has 0 bridgehead atoms. The summed E-state index contributed by atoms with van der Waals surface area (Å²) < 4.78 is 1.05. The van der Waals surface area contributed by atoms with Crippen molar-refractivity contribution in [2.24, 2.45) is 5.92 Å². The molecule has 1 fully saturated rings. The maximum absolute atomic E-state index is 12.1. The second kappa shape index (κ2) is 5.72. The molecule has 0 atom stereocenters. The van der Waals surface area contributed by atoms with Gasteiger partial charge in [-0.3, -0.25) is 23.9 Å². The minimum absolute atomic E-state index is 0.282. The van der Waals surface area contributed by atoms with Crippen molar-refractivity contribution in [3.05, 3.63) is 33.1 Å². The number of aromatic nitrogens is 2. The van der Waals surface area contributed by atoms with E-state index in [2.05, 4.69) is 0 Å². The summed E-state index contributed by atoms with van der Waals surface area (Å²) in [4.78, 5) is 48.5. The van der Waals surface area contributed by atoms with Crippen LogP contribution in [0.25, 0.3) is 0 Å². The molecule has 108 valence electrons. The van der Waals surface area contributed by atoms with Crippen LogP contribution in [0.2, 0.25) is 0 Å². The number of aliphatic carboxylic acids is 1. The molecule has 1 aromatic rings. The molecule has 20 heavy (non-hydrogen) atoms. The first-order chi connectivity index (χ1) is 9.45. The zero-order chi connectivity index (χ0) is 14.7. The Labute approximate surface area is 113 Å². The average molecular weight is 281 g/mol. The second-order valence-corrected chi connectivity index (χ2v) is 4.85. The van der Waals surface area contributed by atoms with Crippen molar-refractivity contribution in [3.8, 4) is 0 Å². The molecule has 8 heteroatoms. The van der Waals surface area contributed by atoms with Crippen LogP contribution in [0.1, 0.15) is 12.8 Å². The summed E-state index contributed by atoms with van der Waals surface area (Å²) in [5.74, 6) is -1.19. The fourth-order valence-electron chi connectivity index (χ4n) is 1.84. The van der Waals surface area contributed by atoms with Crippen LogP contribution in [0.5, 0.6) is 0 Å². The number of carboxylic acid groups (broad SMARTS) is 1. The van der Waals surface area contributed by atoms with Crippen LogP contribution in [-0.2, 0) is 16.1 Å². The third kappa shape index (κ3) is 3.81. The van der Waals surface area contributed by atoms with E-state index in [1.165, 1.54) is 11.1 Å². The van der Waals surface area contributed by atoms with Crippen LogP contribution in [0.3, 0.4) is 0 Å². The van der Waals surface area contributed by atoms with Crippen LogP contribution >= 0.6 is 0 Å². The van der Waals surface area contributed by atoms with Gasteiger partial charge in [-0.25, -0.2) is 4.79 Å². The summed E-state index contributed by atoms with van der Waals surface area (Å²) in [7, 11) is 0. The van der Waals surface area contributed by atoms with Gasteiger partial charge in [0.05, 0.1) is 0 Å². The fourth-order valence-corrected chi connectivity index (χ4v) is 1.84. The molecular formula is C12H15N3O5. The highest BCUT2D eigenvalue weighted by Crippen LogP contribution is 2.29. The summed E-state index contributed by atoms with van der Waals surface area (Å²) in [6.07, 6.45) is 3.19. The van der Waals surface area contributed by atoms with Crippen LogP contribution in [0.15, 0.2) is 21.9 Å². The quantitative estimate of drug-likeness (QED) is 0.684. The van der Waals surface area contributed by atoms with Crippen molar-refractivity contribution in [1.82, 2.24) is 14.5 Å². The molecule has 0 aromatic carbocycles. The van der Waals surface area contributed by atoms with Crippen LogP contribution in [-0.4, -0.2) is 44.5 Å². The molecule has 2 rings (SSSR count). The number of nitrogens with one attached hydrogen (secondary N) is 1. The van der Waals surface area contributed by atoms with Gasteiger partial charge < -0.3 is 10.0 Å². The van der Waals surface area contributed by atoms with E-state index in [0.717, 1.165) is 23.5 Å². The normalized spacial score (nSPS) is 14.0. The van der Waals surface area contributed by atoms with Gasteiger partial charge in [0, 0.05) is 18.8 Å². The summed E-state index contributed by atoms with van der Waals surface area (Å²) in [6, 6.07) is 1.14. The van der Waals surface area contributed by atoms with E-state index in [9.17, 15) is 19.2 Å². The number of amides is 1. The predicted octanol–water partition coefficient (Wildman–Crippen LogP) is -1.14. The number of carbonyl (C=O) groups is 2. The van der Waals surface area contributed by atoms with Crippen molar-refractivity contribution in [2.45, 2.75) is 19.4 Å². The van der Waals surface area contributed by atoms with Crippen LogP contribution in [0, 0.1) is 5.92 Å². The Hall–Kier alpha value is -2.38. The number of carboxylic acids is 1. The maximum Gasteiger partial charge on any atom is 0.328 e. The summed E-state index contributed by atoms with van der Waals surface area (Å²) >= 11 is 0. The highest BCUT2D eigenvalue weighted by Gasteiger charge is 2.28. The number of hydrogen-bond donors (Lipinski definition) is 2. The first kappa shape index (κ1) is 14.0. The lowest BCUT2D eigenvalue weighted by molar-refractivity contribution is -0.144. The van der Waals surface area contributed by atoms with Crippen LogP contribution < -0.4 is 11.2 Å². The second-order valence-electron chi connectivity index (χ2n) is 4.85. The third-order valence-corrected chi connectivity index (χ3v) is 3.06. The zero-order valence-electron chi connectivity index (χ0n) is 10.7. The van der Waals surface area contributed by atoms with Gasteiger partial charge in [0.2, 0.25) is 5.91 Å². The lowest BCUT2D eigenvalue weighted by atomic mass is 10.3. The maximum atomic E-state index is 12.1. The van der Waals surface area contributed by atoms with E-state index in [-0.39, 0.29) is 13.1 Å².